The van der Waals surface area contributed by atoms with Gasteiger partial charge in [0.05, 0.1) is 0 Å². The molecule has 2 aromatic rings. The Labute approximate surface area is 126 Å². The average Bonchev–Trinajstić information content (AvgIpc) is 2.83. The molecule has 0 spiro atoms. The minimum Gasteiger partial charge on any atom is -0.382 e. The van der Waals surface area contributed by atoms with Gasteiger partial charge in [-0.25, -0.2) is 9.37 Å². The van der Waals surface area contributed by atoms with Crippen molar-refractivity contribution in [1.29, 1.82) is 0 Å². The van der Waals surface area contributed by atoms with E-state index in [4.69, 9.17) is 5.73 Å². The van der Waals surface area contributed by atoms with Crippen molar-refractivity contribution in [2.45, 2.75) is 20.4 Å². The topological polar surface area (TPSA) is 80.0 Å². The number of hydrogen-bond donors (Lipinski definition) is 3. The maximum absolute atomic E-state index is 13.6. The second kappa shape index (κ2) is 6.09. The van der Waals surface area contributed by atoms with Crippen LogP contribution in [0, 0.1) is 19.7 Å². The number of nitrogens with two attached hydrogens (primary N) is 1. The number of thiazole rings is 1. The van der Waals surface area contributed by atoms with Gasteiger partial charge in [-0.15, -0.1) is 0 Å². The summed E-state index contributed by atoms with van der Waals surface area (Å²) in [5.41, 5.74) is 7.68. The van der Waals surface area contributed by atoms with Crippen molar-refractivity contribution in [3.05, 3.63) is 39.5 Å². The summed E-state index contributed by atoms with van der Waals surface area (Å²) in [5, 5.41) is 6.20. The van der Waals surface area contributed by atoms with Gasteiger partial charge in [-0.2, -0.15) is 0 Å². The predicted molar refractivity (Wildman–Crippen MR) is 83.1 cm³/mol. The quantitative estimate of drug-likeness (QED) is 0.810. The van der Waals surface area contributed by atoms with Gasteiger partial charge in [0.25, 0.3) is 5.91 Å². The molecule has 1 amide bonds. The zero-order valence-electron chi connectivity index (χ0n) is 12.1. The highest BCUT2D eigenvalue weighted by Crippen LogP contribution is 2.24. The fourth-order valence-corrected chi connectivity index (χ4v) is 2.76. The molecule has 1 heterocycles. The molecule has 1 aromatic heterocycles. The van der Waals surface area contributed by atoms with Crippen molar-refractivity contribution in [3.63, 3.8) is 0 Å². The van der Waals surface area contributed by atoms with Gasteiger partial charge in [0.15, 0.2) is 5.13 Å². The number of aromatic nitrogens is 1. The summed E-state index contributed by atoms with van der Waals surface area (Å²) in [6.07, 6.45) is 0. The van der Waals surface area contributed by atoms with Crippen LogP contribution in [0.25, 0.3) is 0 Å². The monoisotopic (exact) mass is 308 g/mol. The summed E-state index contributed by atoms with van der Waals surface area (Å²) in [6.45, 7) is 3.72. The maximum atomic E-state index is 13.6. The van der Waals surface area contributed by atoms with Gasteiger partial charge in [-0.3, -0.25) is 4.79 Å². The molecule has 0 aliphatic carbocycles. The van der Waals surface area contributed by atoms with E-state index < -0.39 is 0 Å². The Morgan fingerprint density at radius 2 is 2.00 bits per heavy atom. The smallest absolute Gasteiger partial charge is 0.265 e. The van der Waals surface area contributed by atoms with Gasteiger partial charge < -0.3 is 16.4 Å². The van der Waals surface area contributed by atoms with E-state index >= 15 is 0 Å². The van der Waals surface area contributed by atoms with Gasteiger partial charge in [0, 0.05) is 13.6 Å². The van der Waals surface area contributed by atoms with Crippen LogP contribution in [0.5, 0.6) is 0 Å². The van der Waals surface area contributed by atoms with E-state index in [1.807, 2.05) is 0 Å². The van der Waals surface area contributed by atoms with Crippen LogP contribution in [-0.2, 0) is 6.54 Å². The first kappa shape index (κ1) is 15.2. The number of hydrogen-bond acceptors (Lipinski definition) is 5. The van der Waals surface area contributed by atoms with Gasteiger partial charge >= 0.3 is 0 Å². The second-order valence-corrected chi connectivity index (χ2v) is 5.71. The largest absolute Gasteiger partial charge is 0.382 e. The van der Waals surface area contributed by atoms with Crippen LogP contribution in [0.4, 0.5) is 15.3 Å². The van der Waals surface area contributed by atoms with Crippen molar-refractivity contribution >= 4 is 28.2 Å². The Morgan fingerprint density at radius 3 is 2.52 bits per heavy atom. The molecule has 0 aliphatic rings. The van der Waals surface area contributed by atoms with Crippen LogP contribution >= 0.6 is 11.3 Å². The molecule has 5 nitrogen and oxygen atoms in total. The molecular weight excluding hydrogens is 291 g/mol. The number of carbonyl (C=O) groups is 1. The number of carbonyl (C=O) groups excluding carboxylic acids is 1. The highest BCUT2D eigenvalue weighted by molar-refractivity contribution is 7.18. The van der Waals surface area contributed by atoms with Gasteiger partial charge in [-0.05, 0) is 30.5 Å². The van der Waals surface area contributed by atoms with E-state index in [0.29, 0.717) is 27.7 Å². The van der Waals surface area contributed by atoms with Crippen molar-refractivity contribution in [2.24, 2.45) is 0 Å². The SMILES string of the molecule is CNc1nc(N)c(C(=O)NCc2cc(C)c(F)c(C)c2)s1. The first-order chi connectivity index (χ1) is 9.92. The molecule has 0 fully saturated rings. The van der Waals surface area contributed by atoms with Crippen molar-refractivity contribution in [2.75, 3.05) is 18.1 Å². The molecule has 0 aliphatic heterocycles. The van der Waals surface area contributed by atoms with Gasteiger partial charge in [-0.1, -0.05) is 23.5 Å². The second-order valence-electron chi connectivity index (χ2n) is 4.71. The summed E-state index contributed by atoms with van der Waals surface area (Å²) < 4.78 is 13.6. The predicted octanol–water partition coefficient (Wildman–Crippen LogP) is 2.45. The molecule has 0 atom stereocenters. The summed E-state index contributed by atoms with van der Waals surface area (Å²) in [7, 11) is 1.71. The first-order valence-electron chi connectivity index (χ1n) is 6.40. The molecular formula is C14H17FN4OS. The molecule has 0 bridgehead atoms. The summed E-state index contributed by atoms with van der Waals surface area (Å²) in [6, 6.07) is 3.44. The van der Waals surface area contributed by atoms with Crippen molar-refractivity contribution in [1.82, 2.24) is 10.3 Å². The number of nitrogens with one attached hydrogen (secondary N) is 2. The maximum Gasteiger partial charge on any atom is 0.265 e. The van der Waals surface area contributed by atoms with E-state index in [1.54, 1.807) is 33.0 Å². The number of nitrogens with zero attached hydrogens (tertiary/aromatic N) is 1. The van der Waals surface area contributed by atoms with Crippen molar-refractivity contribution in [3.8, 4) is 0 Å². The van der Waals surface area contributed by atoms with E-state index in [2.05, 4.69) is 15.6 Å². The highest BCUT2D eigenvalue weighted by atomic mass is 32.1. The minimum absolute atomic E-state index is 0.202. The lowest BCUT2D eigenvalue weighted by molar-refractivity contribution is 0.0955. The summed E-state index contributed by atoms with van der Waals surface area (Å²) >= 11 is 1.19. The van der Waals surface area contributed by atoms with Gasteiger partial charge in [0.1, 0.15) is 16.5 Å². The Morgan fingerprint density at radius 1 is 1.38 bits per heavy atom. The Balaban J connectivity index is 2.09. The van der Waals surface area contributed by atoms with E-state index in [-0.39, 0.29) is 17.5 Å². The molecule has 112 valence electrons. The molecule has 0 saturated carbocycles. The standard InChI is InChI=1S/C14H17FN4OS/c1-7-4-9(5-8(2)10(7)15)6-18-13(20)11-12(16)19-14(17-3)21-11/h4-5H,6,16H2,1-3H3,(H,17,19)(H,18,20). The molecule has 2 rings (SSSR count). The molecule has 1 aromatic carbocycles. The lowest BCUT2D eigenvalue weighted by atomic mass is 10.1. The highest BCUT2D eigenvalue weighted by Gasteiger charge is 2.15. The molecule has 0 unspecified atom stereocenters. The Hall–Kier alpha value is -2.15. The molecule has 7 heteroatoms. The number of benzene rings is 1. The number of nitrogen functional groups attached to an aromatic ring is 1. The Bertz CT molecular complexity index is 661. The number of anilines is 2. The van der Waals surface area contributed by atoms with E-state index in [9.17, 15) is 9.18 Å². The number of halogens is 1. The van der Waals surface area contributed by atoms with Crippen LogP contribution in [0.15, 0.2) is 12.1 Å². The van der Waals surface area contributed by atoms with Crippen molar-refractivity contribution < 1.29 is 9.18 Å². The number of amides is 1. The Kier molecular flexibility index (Phi) is 4.42. The average molecular weight is 308 g/mol. The first-order valence-corrected chi connectivity index (χ1v) is 7.22. The molecule has 21 heavy (non-hydrogen) atoms. The third kappa shape index (κ3) is 3.30. The zero-order chi connectivity index (χ0) is 15.6. The third-order valence-corrected chi connectivity index (χ3v) is 4.11. The van der Waals surface area contributed by atoms with E-state index in [0.717, 1.165) is 5.56 Å². The lowest BCUT2D eigenvalue weighted by Gasteiger charge is -2.08. The van der Waals surface area contributed by atoms with Crippen LogP contribution in [0.2, 0.25) is 0 Å². The minimum atomic E-state index is -0.286. The number of rotatable bonds is 4. The van der Waals surface area contributed by atoms with Gasteiger partial charge in [0.2, 0.25) is 0 Å². The molecule has 4 N–H and O–H groups in total. The fraction of sp³-hybridized carbons (Fsp3) is 0.286. The number of aryl methyl sites for hydroxylation is 2. The summed E-state index contributed by atoms with van der Waals surface area (Å²) in [5.74, 6) is -0.296. The third-order valence-electron chi connectivity index (χ3n) is 3.02. The van der Waals surface area contributed by atoms with E-state index in [1.165, 1.54) is 11.3 Å². The van der Waals surface area contributed by atoms with Crippen LogP contribution in [0.1, 0.15) is 26.4 Å². The van der Waals surface area contributed by atoms with Crippen LogP contribution < -0.4 is 16.4 Å². The molecule has 0 radical (unpaired) electrons. The zero-order valence-corrected chi connectivity index (χ0v) is 12.9. The summed E-state index contributed by atoms with van der Waals surface area (Å²) in [4.78, 5) is 16.5. The van der Waals surface area contributed by atoms with Crippen LogP contribution in [0.3, 0.4) is 0 Å². The fourth-order valence-electron chi connectivity index (χ4n) is 2.00. The molecule has 0 saturated heterocycles. The lowest BCUT2D eigenvalue weighted by Crippen LogP contribution is -2.23. The normalized spacial score (nSPS) is 10.5. The van der Waals surface area contributed by atoms with Crippen LogP contribution in [-0.4, -0.2) is 17.9 Å².